The second-order valence-corrected chi connectivity index (χ2v) is 4.11. The Hall–Kier alpha value is -1.22. The Balaban J connectivity index is 2.37. The molecule has 1 N–H and O–H groups in total. The smallest absolute Gasteiger partial charge is 0.306 e. The highest BCUT2D eigenvalue weighted by molar-refractivity contribution is 6.32. The number of rotatable bonds is 2. The van der Waals surface area contributed by atoms with Crippen LogP contribution >= 0.6 is 11.6 Å². The molecule has 0 radical (unpaired) electrons. The van der Waals surface area contributed by atoms with E-state index < -0.39 is 11.9 Å². The third kappa shape index (κ3) is 1.67. The van der Waals surface area contributed by atoms with E-state index in [-0.39, 0.29) is 5.92 Å². The number of hydrogen-bond acceptors (Lipinski definition) is 2. The highest BCUT2D eigenvalue weighted by atomic mass is 35.5. The summed E-state index contributed by atoms with van der Waals surface area (Å²) in [5.41, 5.74) is 0.900. The van der Waals surface area contributed by atoms with E-state index in [0.717, 1.165) is 5.56 Å². The quantitative estimate of drug-likeness (QED) is 0.843. The number of fused-ring (bicyclic) bond motifs is 1. The molecule has 80 valence electrons. The number of carboxylic acids is 1. The van der Waals surface area contributed by atoms with Gasteiger partial charge < -0.3 is 9.84 Å². The molecule has 0 aliphatic carbocycles. The second kappa shape index (κ2) is 3.74. The zero-order valence-corrected chi connectivity index (χ0v) is 8.99. The monoisotopic (exact) mass is 226 g/mol. The van der Waals surface area contributed by atoms with Crippen LogP contribution < -0.4 is 4.74 Å². The van der Waals surface area contributed by atoms with Gasteiger partial charge in [-0.1, -0.05) is 30.7 Å². The first-order valence-electron chi connectivity index (χ1n) is 4.75. The molecule has 3 nitrogen and oxygen atoms in total. The summed E-state index contributed by atoms with van der Waals surface area (Å²) in [5.74, 6) is -0.727. The van der Waals surface area contributed by atoms with E-state index in [1.807, 2.05) is 12.1 Å². The normalized spacial score (nSPS) is 20.5. The lowest BCUT2D eigenvalue weighted by atomic mass is 9.89. The van der Waals surface area contributed by atoms with Gasteiger partial charge in [0, 0.05) is 11.5 Å². The van der Waals surface area contributed by atoms with E-state index in [9.17, 15) is 4.79 Å². The largest absolute Gasteiger partial charge is 0.491 e. The predicted molar refractivity (Wildman–Crippen MR) is 56.5 cm³/mol. The van der Waals surface area contributed by atoms with Gasteiger partial charge in [-0.25, -0.2) is 0 Å². The molecule has 1 heterocycles. The maximum absolute atomic E-state index is 10.9. The third-order valence-electron chi connectivity index (χ3n) is 2.80. The summed E-state index contributed by atoms with van der Waals surface area (Å²) in [6.07, 6.45) is 0. The van der Waals surface area contributed by atoms with E-state index in [1.54, 1.807) is 13.0 Å². The SMILES string of the molecule is CC(C(=O)O)C1COc2c(Cl)cccc21. The van der Waals surface area contributed by atoms with Crippen LogP contribution in [0.4, 0.5) is 0 Å². The van der Waals surface area contributed by atoms with Gasteiger partial charge in [-0.05, 0) is 6.07 Å². The lowest BCUT2D eigenvalue weighted by Gasteiger charge is -2.13. The zero-order valence-electron chi connectivity index (χ0n) is 8.24. The molecule has 1 aliphatic heterocycles. The third-order valence-corrected chi connectivity index (χ3v) is 3.09. The number of hydrogen-bond donors (Lipinski definition) is 1. The van der Waals surface area contributed by atoms with Crippen molar-refractivity contribution in [3.8, 4) is 5.75 Å². The highest BCUT2D eigenvalue weighted by Gasteiger charge is 2.33. The fourth-order valence-electron chi connectivity index (χ4n) is 1.82. The van der Waals surface area contributed by atoms with E-state index in [0.29, 0.717) is 17.4 Å². The van der Waals surface area contributed by atoms with Gasteiger partial charge in [0.15, 0.2) is 0 Å². The second-order valence-electron chi connectivity index (χ2n) is 3.70. The molecule has 1 aromatic rings. The first-order valence-corrected chi connectivity index (χ1v) is 5.13. The van der Waals surface area contributed by atoms with Gasteiger partial charge in [0.25, 0.3) is 0 Å². The van der Waals surface area contributed by atoms with E-state index in [2.05, 4.69) is 0 Å². The number of ether oxygens (including phenoxy) is 1. The molecule has 1 aromatic carbocycles. The van der Waals surface area contributed by atoms with Crippen LogP contribution in [0.1, 0.15) is 18.4 Å². The van der Waals surface area contributed by atoms with Gasteiger partial charge in [0.05, 0.1) is 17.5 Å². The first-order chi connectivity index (χ1) is 7.11. The average molecular weight is 227 g/mol. The molecule has 1 aliphatic rings. The van der Waals surface area contributed by atoms with Gasteiger partial charge in [0.1, 0.15) is 5.75 Å². The molecule has 0 fully saturated rings. The Morgan fingerprint density at radius 3 is 3.07 bits per heavy atom. The molecular formula is C11H11ClO3. The number of aliphatic carboxylic acids is 1. The van der Waals surface area contributed by atoms with Crippen LogP contribution in [0.3, 0.4) is 0 Å². The summed E-state index contributed by atoms with van der Waals surface area (Å²) >= 11 is 5.95. The maximum atomic E-state index is 10.9. The minimum Gasteiger partial charge on any atom is -0.491 e. The molecule has 0 aromatic heterocycles. The van der Waals surface area contributed by atoms with Crippen LogP contribution in [0, 0.1) is 5.92 Å². The number of carboxylic acid groups (broad SMARTS) is 1. The fraction of sp³-hybridized carbons (Fsp3) is 0.364. The molecule has 15 heavy (non-hydrogen) atoms. The molecule has 0 spiro atoms. The van der Waals surface area contributed by atoms with E-state index >= 15 is 0 Å². The van der Waals surface area contributed by atoms with Crippen molar-refractivity contribution in [1.82, 2.24) is 0 Å². The van der Waals surface area contributed by atoms with Crippen LogP contribution in [0.5, 0.6) is 5.75 Å². The van der Waals surface area contributed by atoms with Gasteiger partial charge in [-0.15, -0.1) is 0 Å². The average Bonchev–Trinajstić information content (AvgIpc) is 2.61. The van der Waals surface area contributed by atoms with Crippen molar-refractivity contribution in [2.24, 2.45) is 5.92 Å². The van der Waals surface area contributed by atoms with Gasteiger partial charge in [0.2, 0.25) is 0 Å². The number of carbonyl (C=O) groups is 1. The number of halogens is 1. The molecular weight excluding hydrogens is 216 g/mol. The molecule has 0 saturated carbocycles. The van der Waals surface area contributed by atoms with Crippen molar-refractivity contribution in [3.05, 3.63) is 28.8 Å². The summed E-state index contributed by atoms with van der Waals surface area (Å²) < 4.78 is 5.42. The van der Waals surface area contributed by atoms with Crippen LogP contribution in [0.25, 0.3) is 0 Å². The molecule has 2 rings (SSSR count). The molecule has 0 bridgehead atoms. The summed E-state index contributed by atoms with van der Waals surface area (Å²) in [7, 11) is 0. The van der Waals surface area contributed by atoms with Gasteiger partial charge >= 0.3 is 5.97 Å². The Bertz CT molecular complexity index is 403. The Labute approximate surface area is 92.6 Å². The van der Waals surface area contributed by atoms with Crippen LogP contribution in [0.15, 0.2) is 18.2 Å². The minimum absolute atomic E-state index is 0.101. The van der Waals surface area contributed by atoms with Gasteiger partial charge in [-0.3, -0.25) is 4.79 Å². The van der Waals surface area contributed by atoms with Gasteiger partial charge in [-0.2, -0.15) is 0 Å². The molecule has 2 atom stereocenters. The number of benzene rings is 1. The van der Waals surface area contributed by atoms with Crippen molar-refractivity contribution in [1.29, 1.82) is 0 Å². The standard InChI is InChI=1S/C11H11ClO3/c1-6(11(13)14)8-5-15-10-7(8)3-2-4-9(10)12/h2-4,6,8H,5H2,1H3,(H,13,14). The highest BCUT2D eigenvalue weighted by Crippen LogP contribution is 2.42. The fourth-order valence-corrected chi connectivity index (χ4v) is 2.05. The predicted octanol–water partition coefficient (Wildman–Crippen LogP) is 2.54. The zero-order chi connectivity index (χ0) is 11.0. The molecule has 0 saturated heterocycles. The maximum Gasteiger partial charge on any atom is 0.306 e. The van der Waals surface area contributed by atoms with Crippen LogP contribution in [-0.2, 0) is 4.79 Å². The van der Waals surface area contributed by atoms with Crippen molar-refractivity contribution in [2.75, 3.05) is 6.61 Å². The summed E-state index contributed by atoms with van der Waals surface area (Å²) in [4.78, 5) is 10.9. The first kappa shape index (κ1) is 10.3. The summed E-state index contributed by atoms with van der Waals surface area (Å²) in [6, 6.07) is 5.43. The Kier molecular flexibility index (Phi) is 2.57. The summed E-state index contributed by atoms with van der Waals surface area (Å²) in [6.45, 7) is 2.08. The van der Waals surface area contributed by atoms with Crippen molar-refractivity contribution in [3.63, 3.8) is 0 Å². The minimum atomic E-state index is -0.809. The number of para-hydroxylation sites is 1. The molecule has 2 unspecified atom stereocenters. The van der Waals surface area contributed by atoms with Crippen molar-refractivity contribution >= 4 is 17.6 Å². The van der Waals surface area contributed by atoms with E-state index in [4.69, 9.17) is 21.4 Å². The van der Waals surface area contributed by atoms with Crippen LogP contribution in [0.2, 0.25) is 5.02 Å². The Morgan fingerprint density at radius 1 is 1.67 bits per heavy atom. The van der Waals surface area contributed by atoms with Crippen molar-refractivity contribution < 1.29 is 14.6 Å². The van der Waals surface area contributed by atoms with Crippen LogP contribution in [-0.4, -0.2) is 17.7 Å². The lowest BCUT2D eigenvalue weighted by Crippen LogP contribution is -2.19. The van der Waals surface area contributed by atoms with Crippen molar-refractivity contribution in [2.45, 2.75) is 12.8 Å². The summed E-state index contributed by atoms with van der Waals surface area (Å²) in [5, 5.41) is 9.50. The lowest BCUT2D eigenvalue weighted by molar-refractivity contribution is -0.142. The van der Waals surface area contributed by atoms with E-state index in [1.165, 1.54) is 0 Å². The molecule has 4 heteroatoms. The topological polar surface area (TPSA) is 46.5 Å². The Morgan fingerprint density at radius 2 is 2.40 bits per heavy atom. The molecule has 0 amide bonds.